The van der Waals surface area contributed by atoms with Crippen molar-refractivity contribution in [3.05, 3.63) is 112 Å². The highest BCUT2D eigenvalue weighted by Crippen LogP contribution is 2.23. The summed E-state index contributed by atoms with van der Waals surface area (Å²) in [4.78, 5) is 26.5. The van der Waals surface area contributed by atoms with Gasteiger partial charge in [-0.3, -0.25) is 9.59 Å². The molecule has 0 bridgehead atoms. The summed E-state index contributed by atoms with van der Waals surface area (Å²) in [6, 6.07) is 23.3. The first kappa shape index (κ1) is 20.6. The predicted molar refractivity (Wildman–Crippen MR) is 122 cm³/mol. The van der Waals surface area contributed by atoms with Gasteiger partial charge in [-0.15, -0.1) is 0 Å². The second kappa shape index (κ2) is 8.58. The summed E-state index contributed by atoms with van der Waals surface area (Å²) in [6.07, 6.45) is 0. The van der Waals surface area contributed by atoms with Gasteiger partial charge in [0, 0.05) is 16.3 Å². The van der Waals surface area contributed by atoms with Crippen LogP contribution in [0.25, 0.3) is 5.69 Å². The number of amides is 1. The van der Waals surface area contributed by atoms with Crippen molar-refractivity contribution in [3.63, 3.8) is 0 Å². The van der Waals surface area contributed by atoms with Gasteiger partial charge in [0.2, 0.25) is 5.78 Å². The van der Waals surface area contributed by atoms with E-state index in [1.807, 2.05) is 37.3 Å². The van der Waals surface area contributed by atoms with E-state index in [9.17, 15) is 9.59 Å². The van der Waals surface area contributed by atoms with Crippen LogP contribution in [0.2, 0.25) is 5.02 Å². The zero-order valence-corrected chi connectivity index (χ0v) is 17.9. The number of hydrogen-bond acceptors (Lipinski definition) is 3. The van der Waals surface area contributed by atoms with E-state index >= 15 is 0 Å². The number of carbonyl (C=O) groups excluding carboxylic acids is 2. The molecule has 0 aliphatic heterocycles. The van der Waals surface area contributed by atoms with Crippen molar-refractivity contribution in [3.8, 4) is 5.69 Å². The van der Waals surface area contributed by atoms with E-state index in [-0.39, 0.29) is 22.9 Å². The maximum absolute atomic E-state index is 13.2. The van der Waals surface area contributed by atoms with Gasteiger partial charge >= 0.3 is 0 Å². The Labute approximate surface area is 185 Å². The molecule has 0 fully saturated rings. The minimum atomic E-state index is -0.388. The van der Waals surface area contributed by atoms with Crippen LogP contribution in [-0.2, 0) is 0 Å². The van der Waals surface area contributed by atoms with E-state index in [0.29, 0.717) is 27.7 Å². The summed E-state index contributed by atoms with van der Waals surface area (Å²) in [5.74, 6) is -0.702. The van der Waals surface area contributed by atoms with Gasteiger partial charge in [0.25, 0.3) is 5.91 Å². The number of nitrogens with zero attached hydrogens (tertiary/aromatic N) is 2. The van der Waals surface area contributed by atoms with Gasteiger partial charge < -0.3 is 5.32 Å². The maximum atomic E-state index is 13.2. The lowest BCUT2D eigenvalue weighted by atomic mass is 10.0. The molecule has 5 nitrogen and oxygen atoms in total. The molecule has 0 saturated heterocycles. The fraction of sp³-hybridized carbons (Fsp3) is 0.0800. The van der Waals surface area contributed by atoms with Gasteiger partial charge in [-0.2, -0.15) is 5.10 Å². The van der Waals surface area contributed by atoms with Crippen LogP contribution in [0.15, 0.2) is 78.9 Å². The van der Waals surface area contributed by atoms with Crippen molar-refractivity contribution in [2.75, 3.05) is 5.32 Å². The summed E-state index contributed by atoms with van der Waals surface area (Å²) in [5, 5.41) is 8.00. The lowest BCUT2D eigenvalue weighted by Gasteiger charge is -2.08. The molecule has 0 spiro atoms. The Hall–Kier alpha value is -3.70. The molecule has 154 valence electrons. The van der Waals surface area contributed by atoms with Crippen LogP contribution in [0.1, 0.15) is 37.7 Å². The quantitative estimate of drug-likeness (QED) is 0.418. The molecule has 0 saturated carbocycles. The van der Waals surface area contributed by atoms with Crippen LogP contribution in [0.5, 0.6) is 0 Å². The van der Waals surface area contributed by atoms with Crippen LogP contribution in [0.4, 0.5) is 5.69 Å². The number of hydrogen-bond donors (Lipinski definition) is 1. The Bertz CT molecular complexity index is 1240. The second-order valence-electron chi connectivity index (χ2n) is 7.21. The first-order valence-corrected chi connectivity index (χ1v) is 10.1. The van der Waals surface area contributed by atoms with E-state index in [4.69, 9.17) is 11.6 Å². The Morgan fingerprint density at radius 1 is 0.871 bits per heavy atom. The highest BCUT2D eigenvalue weighted by Gasteiger charge is 2.27. The fourth-order valence-electron chi connectivity index (χ4n) is 3.32. The summed E-state index contributed by atoms with van der Waals surface area (Å²) in [5.41, 5.74) is 3.81. The third kappa shape index (κ3) is 4.27. The molecule has 0 unspecified atom stereocenters. The molecule has 4 aromatic rings. The molecule has 1 heterocycles. The molecule has 6 heteroatoms. The third-order valence-corrected chi connectivity index (χ3v) is 5.23. The molecule has 0 aliphatic carbocycles. The minimum absolute atomic E-state index is 0.100. The first-order chi connectivity index (χ1) is 14.9. The second-order valence-corrected chi connectivity index (χ2v) is 7.65. The molecule has 0 aliphatic rings. The maximum Gasteiger partial charge on any atom is 0.259 e. The number of nitrogens with one attached hydrogen (secondary N) is 1. The Kier molecular flexibility index (Phi) is 5.69. The standard InChI is InChI=1S/C25H20ClN3O2/c1-16-8-12-20(13-9-16)27-25(31)22-17(2)29(21-14-10-19(26)11-15-21)28-23(22)24(30)18-6-4-3-5-7-18/h3-15H,1-2H3,(H,27,31). The number of anilines is 1. The highest BCUT2D eigenvalue weighted by molar-refractivity contribution is 6.30. The normalized spacial score (nSPS) is 10.7. The van der Waals surface area contributed by atoms with Gasteiger partial charge in [0.15, 0.2) is 0 Å². The summed E-state index contributed by atoms with van der Waals surface area (Å²) in [7, 11) is 0. The van der Waals surface area contributed by atoms with Crippen LogP contribution in [-0.4, -0.2) is 21.5 Å². The number of aryl methyl sites for hydroxylation is 1. The smallest absolute Gasteiger partial charge is 0.259 e. The lowest BCUT2D eigenvalue weighted by Crippen LogP contribution is -2.17. The summed E-state index contributed by atoms with van der Waals surface area (Å²) in [6.45, 7) is 3.75. The van der Waals surface area contributed by atoms with E-state index in [2.05, 4.69) is 10.4 Å². The Morgan fingerprint density at radius 2 is 1.52 bits per heavy atom. The van der Waals surface area contributed by atoms with Crippen molar-refractivity contribution < 1.29 is 9.59 Å². The van der Waals surface area contributed by atoms with Crippen LogP contribution in [0.3, 0.4) is 0 Å². The van der Waals surface area contributed by atoms with Crippen LogP contribution in [0, 0.1) is 13.8 Å². The van der Waals surface area contributed by atoms with E-state index < -0.39 is 0 Å². The number of aromatic nitrogens is 2. The van der Waals surface area contributed by atoms with Crippen LogP contribution >= 0.6 is 11.6 Å². The topological polar surface area (TPSA) is 64.0 Å². The van der Waals surface area contributed by atoms with Crippen molar-refractivity contribution in [2.45, 2.75) is 13.8 Å². The van der Waals surface area contributed by atoms with E-state index in [1.54, 1.807) is 60.1 Å². The van der Waals surface area contributed by atoms with Crippen LogP contribution < -0.4 is 5.32 Å². The molecule has 4 rings (SSSR count). The molecular weight excluding hydrogens is 410 g/mol. The molecule has 31 heavy (non-hydrogen) atoms. The average molecular weight is 430 g/mol. The number of rotatable bonds is 5. The monoisotopic (exact) mass is 429 g/mol. The molecular formula is C25H20ClN3O2. The van der Waals surface area contributed by atoms with Gasteiger partial charge in [-0.1, -0.05) is 59.6 Å². The van der Waals surface area contributed by atoms with Gasteiger partial charge in [0.1, 0.15) is 5.69 Å². The Balaban J connectivity index is 1.81. The van der Waals surface area contributed by atoms with Crippen molar-refractivity contribution in [1.82, 2.24) is 9.78 Å². The molecule has 0 radical (unpaired) electrons. The van der Waals surface area contributed by atoms with Crippen molar-refractivity contribution in [1.29, 1.82) is 0 Å². The Morgan fingerprint density at radius 3 is 2.16 bits per heavy atom. The average Bonchev–Trinajstić information content (AvgIpc) is 3.13. The zero-order chi connectivity index (χ0) is 22.0. The largest absolute Gasteiger partial charge is 0.322 e. The predicted octanol–water partition coefficient (Wildman–Crippen LogP) is 5.63. The third-order valence-electron chi connectivity index (χ3n) is 4.98. The number of carbonyl (C=O) groups is 2. The molecule has 3 aromatic carbocycles. The minimum Gasteiger partial charge on any atom is -0.322 e. The van der Waals surface area contributed by atoms with E-state index in [0.717, 1.165) is 5.56 Å². The summed E-state index contributed by atoms with van der Waals surface area (Å²) < 4.78 is 1.59. The molecule has 0 atom stereocenters. The number of benzene rings is 3. The van der Waals surface area contributed by atoms with Gasteiger partial charge in [-0.05, 0) is 50.2 Å². The molecule has 1 amide bonds. The molecule has 1 N–H and O–H groups in total. The highest BCUT2D eigenvalue weighted by atomic mass is 35.5. The van der Waals surface area contributed by atoms with Gasteiger partial charge in [-0.25, -0.2) is 4.68 Å². The lowest BCUT2D eigenvalue weighted by molar-refractivity contribution is 0.0994. The fourth-order valence-corrected chi connectivity index (χ4v) is 3.45. The molecule has 1 aromatic heterocycles. The van der Waals surface area contributed by atoms with E-state index in [1.165, 1.54) is 0 Å². The summed E-state index contributed by atoms with van der Waals surface area (Å²) >= 11 is 6.01. The number of halogens is 1. The van der Waals surface area contributed by atoms with Crippen molar-refractivity contribution in [2.24, 2.45) is 0 Å². The first-order valence-electron chi connectivity index (χ1n) is 9.77. The van der Waals surface area contributed by atoms with Gasteiger partial charge in [0.05, 0.1) is 16.9 Å². The zero-order valence-electron chi connectivity index (χ0n) is 17.1. The van der Waals surface area contributed by atoms with Crippen molar-refractivity contribution >= 4 is 29.0 Å². The number of ketones is 1. The SMILES string of the molecule is Cc1ccc(NC(=O)c2c(C(=O)c3ccccc3)nn(-c3ccc(Cl)cc3)c2C)cc1.